The van der Waals surface area contributed by atoms with Gasteiger partial charge in [-0.25, -0.2) is 0 Å². The van der Waals surface area contributed by atoms with Crippen LogP contribution in [0.4, 0.5) is 0 Å². The number of nitrogens with one attached hydrogen (secondary N) is 1. The molecule has 4 rings (SSSR count). The van der Waals surface area contributed by atoms with Gasteiger partial charge in [0.1, 0.15) is 18.5 Å². The van der Waals surface area contributed by atoms with Crippen LogP contribution < -0.4 is 19.5 Å². The number of carbonyl (C=O) groups excluding carboxylic acids is 1. The second-order valence-corrected chi connectivity index (χ2v) is 6.98. The highest BCUT2D eigenvalue weighted by Gasteiger charge is 2.21. The van der Waals surface area contributed by atoms with Crippen LogP contribution in [0.25, 0.3) is 10.8 Å². The van der Waals surface area contributed by atoms with Gasteiger partial charge in [-0.05, 0) is 44.9 Å². The summed E-state index contributed by atoms with van der Waals surface area (Å²) in [6.07, 6.45) is -0.226. The van der Waals surface area contributed by atoms with Crippen molar-refractivity contribution in [2.45, 2.75) is 6.10 Å². The summed E-state index contributed by atoms with van der Waals surface area (Å²) in [4.78, 5) is 12.1. The van der Waals surface area contributed by atoms with Crippen LogP contribution in [0.1, 0.15) is 0 Å². The molecular formula is C21H18BrNO4. The van der Waals surface area contributed by atoms with Crippen LogP contribution in [0.3, 0.4) is 0 Å². The quantitative estimate of drug-likeness (QED) is 0.669. The van der Waals surface area contributed by atoms with Crippen LogP contribution in [0.2, 0.25) is 0 Å². The summed E-state index contributed by atoms with van der Waals surface area (Å²) in [5, 5.41) is 4.98. The van der Waals surface area contributed by atoms with Crippen LogP contribution in [0, 0.1) is 0 Å². The smallest absolute Gasteiger partial charge is 0.258 e. The minimum Gasteiger partial charge on any atom is -0.486 e. The lowest BCUT2D eigenvalue weighted by Gasteiger charge is -2.26. The molecule has 1 aliphatic heterocycles. The zero-order valence-electron chi connectivity index (χ0n) is 14.5. The zero-order chi connectivity index (χ0) is 18.6. The normalized spacial score (nSPS) is 15.4. The van der Waals surface area contributed by atoms with E-state index in [4.69, 9.17) is 14.2 Å². The number of carbonyl (C=O) groups is 1. The lowest BCUT2D eigenvalue weighted by molar-refractivity contribution is -0.123. The third kappa shape index (κ3) is 4.01. The first-order valence-electron chi connectivity index (χ1n) is 8.66. The van der Waals surface area contributed by atoms with Crippen LogP contribution in [-0.2, 0) is 4.79 Å². The van der Waals surface area contributed by atoms with Crippen molar-refractivity contribution in [1.29, 1.82) is 0 Å². The molecule has 138 valence electrons. The van der Waals surface area contributed by atoms with Gasteiger partial charge < -0.3 is 19.5 Å². The molecule has 0 aromatic heterocycles. The van der Waals surface area contributed by atoms with E-state index in [0.717, 1.165) is 21.0 Å². The van der Waals surface area contributed by atoms with Crippen molar-refractivity contribution in [2.24, 2.45) is 0 Å². The topological polar surface area (TPSA) is 56.8 Å². The first-order valence-corrected chi connectivity index (χ1v) is 9.45. The number of ether oxygens (including phenoxy) is 3. The van der Waals surface area contributed by atoms with E-state index in [9.17, 15) is 4.79 Å². The Kier molecular flexibility index (Phi) is 5.16. The van der Waals surface area contributed by atoms with Gasteiger partial charge in [-0.3, -0.25) is 4.79 Å². The maximum Gasteiger partial charge on any atom is 0.258 e. The molecule has 1 amide bonds. The van der Waals surface area contributed by atoms with E-state index >= 15 is 0 Å². The molecular weight excluding hydrogens is 410 g/mol. The molecule has 5 nitrogen and oxygen atoms in total. The summed E-state index contributed by atoms with van der Waals surface area (Å²) in [6.45, 7) is 0.685. The first kappa shape index (κ1) is 17.7. The molecule has 3 aromatic carbocycles. The number of fused-ring (bicyclic) bond motifs is 2. The summed E-state index contributed by atoms with van der Waals surface area (Å²) in [5.74, 6) is 1.84. The standard InChI is InChI=1S/C21H18BrNO4/c22-21-16-6-2-1-5-14(16)9-10-19(21)26-13-20(24)23-11-15-12-25-17-7-3-4-8-18(17)27-15/h1-10,15H,11-13H2,(H,23,24)/t15-/m0/s1. The van der Waals surface area contributed by atoms with E-state index in [1.807, 2.05) is 60.7 Å². The second-order valence-electron chi connectivity index (χ2n) is 6.19. The van der Waals surface area contributed by atoms with Gasteiger partial charge in [-0.1, -0.05) is 42.5 Å². The molecule has 0 radical (unpaired) electrons. The Bertz CT molecular complexity index is 975. The van der Waals surface area contributed by atoms with Gasteiger partial charge in [0, 0.05) is 0 Å². The summed E-state index contributed by atoms with van der Waals surface area (Å²) < 4.78 is 18.0. The third-order valence-electron chi connectivity index (χ3n) is 4.28. The molecule has 6 heteroatoms. The number of amides is 1. The average molecular weight is 428 g/mol. The van der Waals surface area contributed by atoms with Gasteiger partial charge in [0.25, 0.3) is 5.91 Å². The third-order valence-corrected chi connectivity index (χ3v) is 5.10. The first-order chi connectivity index (χ1) is 13.2. The maximum absolute atomic E-state index is 12.1. The van der Waals surface area contributed by atoms with Crippen molar-refractivity contribution in [3.63, 3.8) is 0 Å². The van der Waals surface area contributed by atoms with E-state index in [-0.39, 0.29) is 18.6 Å². The molecule has 3 aromatic rings. The van der Waals surface area contributed by atoms with Crippen LogP contribution in [0.15, 0.2) is 65.1 Å². The SMILES string of the molecule is O=C(COc1ccc2ccccc2c1Br)NC[C@H]1COc2ccccc2O1. The van der Waals surface area contributed by atoms with Crippen LogP contribution >= 0.6 is 15.9 Å². The fourth-order valence-corrected chi connectivity index (χ4v) is 3.52. The highest BCUT2D eigenvalue weighted by Crippen LogP contribution is 2.33. The molecule has 0 fully saturated rings. The second kappa shape index (κ2) is 7.88. The molecule has 0 bridgehead atoms. The number of rotatable bonds is 5. The Balaban J connectivity index is 1.30. The Morgan fingerprint density at radius 2 is 1.85 bits per heavy atom. The molecule has 1 atom stereocenters. The summed E-state index contributed by atoms with van der Waals surface area (Å²) in [6, 6.07) is 19.3. The van der Waals surface area contributed by atoms with E-state index in [2.05, 4.69) is 21.2 Å². The number of hydrogen-bond donors (Lipinski definition) is 1. The van der Waals surface area contributed by atoms with Gasteiger partial charge in [0.15, 0.2) is 18.1 Å². The Morgan fingerprint density at radius 3 is 2.74 bits per heavy atom. The van der Waals surface area contributed by atoms with Gasteiger partial charge in [-0.2, -0.15) is 0 Å². The fourth-order valence-electron chi connectivity index (χ4n) is 2.91. The Hall–Kier alpha value is -2.73. The Morgan fingerprint density at radius 1 is 1.07 bits per heavy atom. The largest absolute Gasteiger partial charge is 0.486 e. The molecule has 1 N–H and O–H groups in total. The van der Waals surface area contributed by atoms with E-state index < -0.39 is 0 Å². The molecule has 0 unspecified atom stereocenters. The molecule has 0 saturated carbocycles. The van der Waals surface area contributed by atoms with Crippen molar-refractivity contribution in [3.8, 4) is 17.2 Å². The predicted molar refractivity (Wildman–Crippen MR) is 107 cm³/mol. The van der Waals surface area contributed by atoms with Gasteiger partial charge >= 0.3 is 0 Å². The lowest BCUT2D eigenvalue weighted by atomic mass is 10.1. The van der Waals surface area contributed by atoms with Crippen molar-refractivity contribution >= 4 is 32.6 Å². The van der Waals surface area contributed by atoms with Crippen molar-refractivity contribution in [1.82, 2.24) is 5.32 Å². The van der Waals surface area contributed by atoms with Crippen molar-refractivity contribution < 1.29 is 19.0 Å². The van der Waals surface area contributed by atoms with Gasteiger partial charge in [-0.15, -0.1) is 0 Å². The maximum atomic E-state index is 12.1. The zero-order valence-corrected chi connectivity index (χ0v) is 16.1. The average Bonchev–Trinajstić information content (AvgIpc) is 2.72. The number of hydrogen-bond acceptors (Lipinski definition) is 4. The van der Waals surface area contributed by atoms with Crippen molar-refractivity contribution in [3.05, 3.63) is 65.1 Å². The molecule has 0 spiro atoms. The van der Waals surface area contributed by atoms with Crippen LogP contribution in [-0.4, -0.2) is 31.8 Å². The molecule has 1 aliphatic rings. The molecule has 0 aliphatic carbocycles. The summed E-state index contributed by atoms with van der Waals surface area (Å²) in [7, 11) is 0. The van der Waals surface area contributed by atoms with Crippen LogP contribution in [0.5, 0.6) is 17.2 Å². The van der Waals surface area contributed by atoms with E-state index in [0.29, 0.717) is 24.7 Å². The van der Waals surface area contributed by atoms with Gasteiger partial charge in [0.2, 0.25) is 0 Å². The lowest BCUT2D eigenvalue weighted by Crippen LogP contribution is -2.42. The summed E-state index contributed by atoms with van der Waals surface area (Å²) in [5.41, 5.74) is 0. The Labute approximate surface area is 165 Å². The number of para-hydroxylation sites is 2. The molecule has 27 heavy (non-hydrogen) atoms. The molecule has 0 saturated heterocycles. The minimum atomic E-state index is -0.226. The van der Waals surface area contributed by atoms with E-state index in [1.54, 1.807) is 0 Å². The predicted octanol–water partition coefficient (Wildman–Crippen LogP) is 3.94. The van der Waals surface area contributed by atoms with E-state index in [1.165, 1.54) is 0 Å². The highest BCUT2D eigenvalue weighted by atomic mass is 79.9. The fraction of sp³-hybridized carbons (Fsp3) is 0.190. The highest BCUT2D eigenvalue weighted by molar-refractivity contribution is 9.10. The molecule has 1 heterocycles. The van der Waals surface area contributed by atoms with Crippen molar-refractivity contribution in [2.75, 3.05) is 19.8 Å². The minimum absolute atomic E-state index is 0.0683. The monoisotopic (exact) mass is 427 g/mol. The number of benzene rings is 3. The summed E-state index contributed by atoms with van der Waals surface area (Å²) >= 11 is 3.56. The number of halogens is 1. The van der Waals surface area contributed by atoms with Gasteiger partial charge in [0.05, 0.1) is 11.0 Å².